The summed E-state index contributed by atoms with van der Waals surface area (Å²) < 4.78 is 23.1. The molecule has 1 aromatic heterocycles. The van der Waals surface area contributed by atoms with Gasteiger partial charge in [-0.1, -0.05) is 0 Å². The fourth-order valence-corrected chi connectivity index (χ4v) is 1.23. The van der Waals surface area contributed by atoms with Crippen LogP contribution in [0.2, 0.25) is 0 Å². The quantitative estimate of drug-likeness (QED) is 0.733. The highest BCUT2D eigenvalue weighted by atomic mass is 19.1. The largest absolute Gasteiger partial charge is 0.489 e. The number of ether oxygens (including phenoxy) is 2. The Bertz CT molecular complexity index is 404. The third-order valence-corrected chi connectivity index (χ3v) is 2.39. The zero-order chi connectivity index (χ0) is 11.5. The normalized spacial score (nSPS) is 14.6. The molecule has 16 heavy (non-hydrogen) atoms. The molecule has 0 aliphatic heterocycles. The lowest BCUT2D eigenvalue weighted by Crippen LogP contribution is -2.07. The lowest BCUT2D eigenvalue weighted by atomic mass is 10.3. The van der Waals surface area contributed by atoms with E-state index in [-0.39, 0.29) is 11.4 Å². The molecule has 1 fully saturated rings. The van der Waals surface area contributed by atoms with Crippen molar-refractivity contribution < 1.29 is 18.7 Å². The lowest BCUT2D eigenvalue weighted by Gasteiger charge is -2.06. The molecule has 1 aromatic rings. The van der Waals surface area contributed by atoms with E-state index in [9.17, 15) is 9.18 Å². The molecule has 0 amide bonds. The van der Waals surface area contributed by atoms with Crippen LogP contribution >= 0.6 is 0 Å². The molecule has 4 nitrogen and oxygen atoms in total. The Kier molecular flexibility index (Phi) is 3.03. The number of carbonyl (C=O) groups is 1. The van der Waals surface area contributed by atoms with Crippen molar-refractivity contribution in [2.45, 2.75) is 12.8 Å². The molecule has 86 valence electrons. The molecule has 2 rings (SSSR count). The van der Waals surface area contributed by atoms with Crippen molar-refractivity contribution in [3.05, 3.63) is 23.8 Å². The van der Waals surface area contributed by atoms with Gasteiger partial charge in [-0.3, -0.25) is 0 Å². The monoisotopic (exact) mass is 225 g/mol. The van der Waals surface area contributed by atoms with E-state index < -0.39 is 11.8 Å². The first-order valence-corrected chi connectivity index (χ1v) is 5.07. The fraction of sp³-hybridized carbons (Fsp3) is 0.455. The maximum absolute atomic E-state index is 13.4. The number of hydrogen-bond donors (Lipinski definition) is 0. The minimum atomic E-state index is -0.660. The summed E-state index contributed by atoms with van der Waals surface area (Å²) in [6.45, 7) is 0.510. The summed E-state index contributed by atoms with van der Waals surface area (Å²) in [6.07, 6.45) is 3.48. The van der Waals surface area contributed by atoms with E-state index in [0.29, 0.717) is 12.5 Å². The van der Waals surface area contributed by atoms with Crippen molar-refractivity contribution in [2.24, 2.45) is 5.92 Å². The lowest BCUT2D eigenvalue weighted by molar-refractivity contribution is 0.0593. The number of rotatable bonds is 4. The minimum absolute atomic E-state index is 0.0567. The van der Waals surface area contributed by atoms with Gasteiger partial charge in [-0.15, -0.1) is 0 Å². The van der Waals surface area contributed by atoms with Crippen LogP contribution < -0.4 is 4.74 Å². The van der Waals surface area contributed by atoms with Crippen LogP contribution in [0.5, 0.6) is 5.75 Å². The maximum atomic E-state index is 13.4. The highest BCUT2D eigenvalue weighted by molar-refractivity contribution is 5.87. The van der Waals surface area contributed by atoms with Crippen LogP contribution in [0.25, 0.3) is 0 Å². The number of hydrogen-bond acceptors (Lipinski definition) is 4. The molecule has 1 saturated carbocycles. The van der Waals surface area contributed by atoms with Crippen LogP contribution in [-0.2, 0) is 4.74 Å². The fourth-order valence-electron chi connectivity index (χ4n) is 1.23. The van der Waals surface area contributed by atoms with Gasteiger partial charge in [-0.05, 0) is 18.8 Å². The third-order valence-electron chi connectivity index (χ3n) is 2.39. The number of methoxy groups -OCH3 is 1. The van der Waals surface area contributed by atoms with Crippen molar-refractivity contribution >= 4 is 5.97 Å². The Hall–Kier alpha value is -1.65. The second kappa shape index (κ2) is 4.47. The second-order valence-electron chi connectivity index (χ2n) is 3.75. The number of halogens is 1. The number of esters is 1. The Labute approximate surface area is 92.4 Å². The summed E-state index contributed by atoms with van der Waals surface area (Å²) in [7, 11) is 1.22. The molecular formula is C11H12FNO3. The molecule has 5 heteroatoms. The molecule has 0 unspecified atom stereocenters. The van der Waals surface area contributed by atoms with Crippen molar-refractivity contribution in [3.8, 4) is 5.75 Å². The summed E-state index contributed by atoms with van der Waals surface area (Å²) in [4.78, 5) is 14.8. The Morgan fingerprint density at radius 1 is 1.62 bits per heavy atom. The molecule has 1 aliphatic rings. The van der Waals surface area contributed by atoms with Crippen molar-refractivity contribution in [1.29, 1.82) is 0 Å². The molecule has 0 bridgehead atoms. The number of nitrogens with zero attached hydrogens (tertiary/aromatic N) is 1. The topological polar surface area (TPSA) is 48.4 Å². The van der Waals surface area contributed by atoms with Crippen LogP contribution in [0.15, 0.2) is 12.3 Å². The summed E-state index contributed by atoms with van der Waals surface area (Å²) in [5.74, 6) is -0.622. The average molecular weight is 225 g/mol. The van der Waals surface area contributed by atoms with E-state index >= 15 is 0 Å². The van der Waals surface area contributed by atoms with Gasteiger partial charge in [0.25, 0.3) is 0 Å². The van der Waals surface area contributed by atoms with Gasteiger partial charge in [0.05, 0.1) is 19.9 Å². The van der Waals surface area contributed by atoms with Crippen LogP contribution in [0.3, 0.4) is 0 Å². The molecule has 0 N–H and O–H groups in total. The third kappa shape index (κ3) is 2.48. The van der Waals surface area contributed by atoms with Crippen molar-refractivity contribution in [3.63, 3.8) is 0 Å². The average Bonchev–Trinajstić information content (AvgIpc) is 3.10. The SMILES string of the molecule is COC(=O)c1cc(F)c(OCC2CC2)cn1. The van der Waals surface area contributed by atoms with E-state index in [1.165, 1.54) is 13.3 Å². The maximum Gasteiger partial charge on any atom is 0.356 e. The Morgan fingerprint density at radius 2 is 2.38 bits per heavy atom. The Morgan fingerprint density at radius 3 is 2.94 bits per heavy atom. The van der Waals surface area contributed by atoms with Crippen LogP contribution in [0.1, 0.15) is 23.3 Å². The number of carbonyl (C=O) groups excluding carboxylic acids is 1. The molecule has 0 aromatic carbocycles. The summed E-state index contributed by atoms with van der Waals surface area (Å²) in [6, 6.07) is 1.02. The predicted molar refractivity (Wildman–Crippen MR) is 53.8 cm³/mol. The minimum Gasteiger partial charge on any atom is -0.489 e. The molecular weight excluding hydrogens is 213 g/mol. The summed E-state index contributed by atoms with van der Waals surface area (Å²) in [5, 5.41) is 0. The van der Waals surface area contributed by atoms with Crippen molar-refractivity contribution in [2.75, 3.05) is 13.7 Å². The highest BCUT2D eigenvalue weighted by Gasteiger charge is 2.22. The number of pyridine rings is 1. The first-order valence-electron chi connectivity index (χ1n) is 5.07. The molecule has 0 saturated heterocycles. The smallest absolute Gasteiger partial charge is 0.356 e. The van der Waals surface area contributed by atoms with Gasteiger partial charge in [0.2, 0.25) is 0 Å². The molecule has 1 heterocycles. The molecule has 0 atom stereocenters. The molecule has 0 spiro atoms. The first-order chi connectivity index (χ1) is 7.70. The molecule has 1 aliphatic carbocycles. The van der Waals surface area contributed by atoms with Crippen molar-refractivity contribution in [1.82, 2.24) is 4.98 Å². The van der Waals surface area contributed by atoms with Gasteiger partial charge >= 0.3 is 5.97 Å². The van der Waals surface area contributed by atoms with E-state index in [0.717, 1.165) is 18.9 Å². The van der Waals surface area contributed by atoms with E-state index in [1.54, 1.807) is 0 Å². The Balaban J connectivity index is 2.05. The van der Waals surface area contributed by atoms with Crippen LogP contribution in [0.4, 0.5) is 4.39 Å². The zero-order valence-corrected chi connectivity index (χ0v) is 8.90. The van der Waals surface area contributed by atoms with Gasteiger partial charge < -0.3 is 9.47 Å². The van der Waals surface area contributed by atoms with Gasteiger partial charge in [-0.2, -0.15) is 0 Å². The zero-order valence-electron chi connectivity index (χ0n) is 8.90. The first kappa shape index (κ1) is 10.9. The van der Waals surface area contributed by atoms with E-state index in [4.69, 9.17) is 4.74 Å². The molecule has 0 radical (unpaired) electrons. The van der Waals surface area contributed by atoms with Gasteiger partial charge in [0.1, 0.15) is 0 Å². The summed E-state index contributed by atoms with van der Waals surface area (Å²) >= 11 is 0. The summed E-state index contributed by atoms with van der Waals surface area (Å²) in [5.41, 5.74) is -0.0567. The van der Waals surface area contributed by atoms with Gasteiger partial charge in [0, 0.05) is 6.07 Å². The standard InChI is InChI=1S/C11H12FNO3/c1-15-11(14)9-4-8(12)10(5-13-9)16-6-7-2-3-7/h4-5,7H,2-3,6H2,1H3. The van der Waals surface area contributed by atoms with Gasteiger partial charge in [-0.25, -0.2) is 14.2 Å². The highest BCUT2D eigenvalue weighted by Crippen LogP contribution is 2.30. The number of aromatic nitrogens is 1. The second-order valence-corrected chi connectivity index (χ2v) is 3.75. The van der Waals surface area contributed by atoms with E-state index in [1.807, 2.05) is 0 Å². The predicted octanol–water partition coefficient (Wildman–Crippen LogP) is 1.80. The van der Waals surface area contributed by atoms with E-state index in [2.05, 4.69) is 9.72 Å². The van der Waals surface area contributed by atoms with Crippen LogP contribution in [0, 0.1) is 11.7 Å². The van der Waals surface area contributed by atoms with Crippen LogP contribution in [-0.4, -0.2) is 24.7 Å². The van der Waals surface area contributed by atoms with Gasteiger partial charge in [0.15, 0.2) is 17.3 Å².